The van der Waals surface area contributed by atoms with Crippen LogP contribution in [0.25, 0.3) is 0 Å². The first-order valence-corrected chi connectivity index (χ1v) is 7.51. The third-order valence-corrected chi connectivity index (χ3v) is 3.51. The van der Waals surface area contributed by atoms with E-state index in [1.54, 1.807) is 0 Å². The molecule has 0 aliphatic rings. The molecule has 1 unspecified atom stereocenters. The molecule has 0 aliphatic carbocycles. The number of ether oxygens (including phenoxy) is 1. The van der Waals surface area contributed by atoms with Crippen LogP contribution in [0.2, 0.25) is 13.1 Å². The minimum atomic E-state index is -0.840. The molecule has 0 radical (unpaired) electrons. The lowest BCUT2D eigenvalue weighted by molar-refractivity contribution is -0.137. The molecule has 0 heterocycles. The maximum Gasteiger partial charge on any atom is 0.303 e. The van der Waals surface area contributed by atoms with Crippen LogP contribution in [0.1, 0.15) is 12.8 Å². The molecule has 0 aromatic heterocycles. The van der Waals surface area contributed by atoms with E-state index in [4.69, 9.17) is 9.84 Å². The van der Waals surface area contributed by atoms with E-state index in [1.165, 1.54) is 0 Å². The summed E-state index contributed by atoms with van der Waals surface area (Å²) in [6, 6.07) is 0. The lowest BCUT2D eigenvalue weighted by Gasteiger charge is -2.15. The van der Waals surface area contributed by atoms with Crippen molar-refractivity contribution in [2.24, 2.45) is 0 Å². The first kappa shape index (κ1) is 12.4. The summed E-state index contributed by atoms with van der Waals surface area (Å²) in [7, 11) is -0.840. The topological polar surface area (TPSA) is 46.5 Å². The van der Waals surface area contributed by atoms with Crippen molar-refractivity contribution >= 4 is 14.8 Å². The van der Waals surface area contributed by atoms with Gasteiger partial charge in [-0.1, -0.05) is 19.2 Å². The molecule has 0 rings (SSSR count). The van der Waals surface area contributed by atoms with Crippen LogP contribution >= 0.6 is 0 Å². The fourth-order valence-electron chi connectivity index (χ4n) is 0.975. The Labute approximate surface area is 81.0 Å². The van der Waals surface area contributed by atoms with Gasteiger partial charge in [-0.3, -0.25) is 4.79 Å². The van der Waals surface area contributed by atoms with Gasteiger partial charge in [0.1, 0.15) is 0 Å². The van der Waals surface area contributed by atoms with Gasteiger partial charge >= 0.3 is 5.97 Å². The highest BCUT2D eigenvalue weighted by Gasteiger charge is 2.10. The smallest absolute Gasteiger partial charge is 0.303 e. The second kappa shape index (κ2) is 6.86. The zero-order chi connectivity index (χ0) is 10.3. The molecule has 0 aromatic rings. The van der Waals surface area contributed by atoms with Gasteiger partial charge < -0.3 is 9.84 Å². The number of carbonyl (C=O) groups is 1. The molecule has 13 heavy (non-hydrogen) atoms. The predicted molar refractivity (Wildman–Crippen MR) is 55.7 cm³/mol. The summed E-state index contributed by atoms with van der Waals surface area (Å²) >= 11 is 0. The van der Waals surface area contributed by atoms with Gasteiger partial charge in [0.25, 0.3) is 0 Å². The predicted octanol–water partition coefficient (Wildman–Crippen LogP) is 1.45. The minimum Gasteiger partial charge on any atom is -0.481 e. The zero-order valence-electron chi connectivity index (χ0n) is 8.32. The van der Waals surface area contributed by atoms with Crippen LogP contribution in [-0.2, 0) is 9.53 Å². The molecular formula is C9H18O3Si. The Kier molecular flexibility index (Phi) is 6.53. The van der Waals surface area contributed by atoms with Crippen molar-refractivity contribution in [3.8, 4) is 0 Å². The van der Waals surface area contributed by atoms with Crippen molar-refractivity contribution in [2.75, 3.05) is 6.61 Å². The standard InChI is InChI=1S/C9H18O3Si/c1-4-9(13(2)3)12-7-5-6-8(10)11/h4,9,13H,1,5-7H2,2-3H3,(H,10,11). The van der Waals surface area contributed by atoms with Crippen LogP contribution in [0.3, 0.4) is 0 Å². The fraction of sp³-hybridized carbons (Fsp3) is 0.667. The van der Waals surface area contributed by atoms with Gasteiger partial charge in [-0.2, -0.15) is 0 Å². The fourth-order valence-corrected chi connectivity index (χ4v) is 2.04. The van der Waals surface area contributed by atoms with Crippen LogP contribution in [0, 0.1) is 0 Å². The van der Waals surface area contributed by atoms with Gasteiger partial charge in [-0.25, -0.2) is 0 Å². The molecule has 1 N–H and O–H groups in total. The van der Waals surface area contributed by atoms with Crippen LogP contribution in [0.5, 0.6) is 0 Å². The van der Waals surface area contributed by atoms with E-state index in [0.29, 0.717) is 13.0 Å². The lowest BCUT2D eigenvalue weighted by Crippen LogP contribution is -2.26. The summed E-state index contributed by atoms with van der Waals surface area (Å²) in [5.74, 6) is -0.763. The second-order valence-corrected chi connectivity index (χ2v) is 6.46. The highest BCUT2D eigenvalue weighted by Crippen LogP contribution is 2.01. The molecule has 4 heteroatoms. The number of carboxylic acid groups (broad SMARTS) is 1. The van der Waals surface area contributed by atoms with E-state index < -0.39 is 14.8 Å². The van der Waals surface area contributed by atoms with Crippen molar-refractivity contribution in [1.29, 1.82) is 0 Å². The van der Waals surface area contributed by atoms with Crippen molar-refractivity contribution < 1.29 is 14.6 Å². The second-order valence-electron chi connectivity index (χ2n) is 3.31. The monoisotopic (exact) mass is 202 g/mol. The Bertz CT molecular complexity index is 168. The molecule has 0 saturated carbocycles. The van der Waals surface area contributed by atoms with Gasteiger partial charge in [0.15, 0.2) is 0 Å². The third-order valence-electron chi connectivity index (χ3n) is 1.73. The van der Waals surface area contributed by atoms with Crippen molar-refractivity contribution in [1.82, 2.24) is 0 Å². The largest absolute Gasteiger partial charge is 0.481 e. The first-order valence-electron chi connectivity index (χ1n) is 4.54. The summed E-state index contributed by atoms with van der Waals surface area (Å²) < 4.78 is 5.48. The van der Waals surface area contributed by atoms with Gasteiger partial charge in [-0.15, -0.1) is 6.58 Å². The molecule has 0 bridgehead atoms. The number of hydrogen-bond donors (Lipinski definition) is 1. The maximum atomic E-state index is 10.2. The molecule has 76 valence electrons. The van der Waals surface area contributed by atoms with Gasteiger partial charge in [0, 0.05) is 13.0 Å². The number of carboxylic acids is 1. The van der Waals surface area contributed by atoms with Gasteiger partial charge in [-0.05, 0) is 6.42 Å². The van der Waals surface area contributed by atoms with E-state index in [0.717, 1.165) is 0 Å². The Morgan fingerprint density at radius 2 is 2.31 bits per heavy atom. The summed E-state index contributed by atoms with van der Waals surface area (Å²) in [6.45, 7) is 8.58. The van der Waals surface area contributed by atoms with E-state index in [-0.39, 0.29) is 12.1 Å². The summed E-state index contributed by atoms with van der Waals surface area (Å²) in [5, 5.41) is 8.38. The van der Waals surface area contributed by atoms with Crippen LogP contribution in [0.15, 0.2) is 12.7 Å². The van der Waals surface area contributed by atoms with E-state index in [1.807, 2.05) is 6.08 Å². The minimum absolute atomic E-state index is 0.175. The van der Waals surface area contributed by atoms with E-state index >= 15 is 0 Å². The van der Waals surface area contributed by atoms with E-state index in [2.05, 4.69) is 19.7 Å². The normalized spacial score (nSPS) is 12.8. The number of aliphatic carboxylic acids is 1. The Morgan fingerprint density at radius 3 is 2.69 bits per heavy atom. The van der Waals surface area contributed by atoms with Crippen molar-refractivity contribution in [2.45, 2.75) is 31.7 Å². The quantitative estimate of drug-likeness (QED) is 0.386. The van der Waals surface area contributed by atoms with E-state index in [9.17, 15) is 4.79 Å². The molecule has 0 amide bonds. The zero-order valence-corrected chi connectivity index (χ0v) is 9.48. The first-order chi connectivity index (χ1) is 6.07. The molecule has 1 atom stereocenters. The Balaban J connectivity index is 3.50. The third kappa shape index (κ3) is 6.54. The lowest BCUT2D eigenvalue weighted by atomic mass is 10.3. The van der Waals surface area contributed by atoms with Crippen molar-refractivity contribution in [3.05, 3.63) is 12.7 Å². The molecule has 0 aliphatic heterocycles. The van der Waals surface area contributed by atoms with Gasteiger partial charge in [0.05, 0.1) is 14.5 Å². The molecule has 0 spiro atoms. The molecule has 0 saturated heterocycles. The SMILES string of the molecule is C=CC(OCCCC(=O)O)[SiH](C)C. The Hall–Kier alpha value is -0.613. The molecule has 0 fully saturated rings. The summed E-state index contributed by atoms with van der Waals surface area (Å²) in [5.41, 5.74) is 0.175. The molecular weight excluding hydrogens is 184 g/mol. The summed E-state index contributed by atoms with van der Waals surface area (Å²) in [6.07, 6.45) is 2.59. The highest BCUT2D eigenvalue weighted by atomic mass is 28.3. The Morgan fingerprint density at radius 1 is 1.69 bits per heavy atom. The summed E-state index contributed by atoms with van der Waals surface area (Å²) in [4.78, 5) is 10.2. The van der Waals surface area contributed by atoms with Crippen LogP contribution < -0.4 is 0 Å². The van der Waals surface area contributed by atoms with Gasteiger partial charge in [0.2, 0.25) is 0 Å². The number of rotatable bonds is 7. The maximum absolute atomic E-state index is 10.2. The van der Waals surface area contributed by atoms with Crippen LogP contribution in [-0.4, -0.2) is 32.2 Å². The molecule has 3 nitrogen and oxygen atoms in total. The molecule has 0 aromatic carbocycles. The number of hydrogen-bond acceptors (Lipinski definition) is 2. The highest BCUT2D eigenvalue weighted by molar-refractivity contribution is 6.57. The van der Waals surface area contributed by atoms with Crippen molar-refractivity contribution in [3.63, 3.8) is 0 Å². The average molecular weight is 202 g/mol. The average Bonchev–Trinajstić information content (AvgIpc) is 2.03. The van der Waals surface area contributed by atoms with Crippen LogP contribution in [0.4, 0.5) is 0 Å².